The van der Waals surface area contributed by atoms with E-state index in [4.69, 9.17) is 5.11 Å². The van der Waals surface area contributed by atoms with E-state index in [-0.39, 0.29) is 12.2 Å². The summed E-state index contributed by atoms with van der Waals surface area (Å²) in [5, 5.41) is 23.3. The number of nitrogens with zero attached hydrogens (tertiary/aromatic N) is 3. The van der Waals surface area contributed by atoms with Crippen LogP contribution in [0.5, 0.6) is 0 Å². The molecule has 3 N–H and O–H groups in total. The van der Waals surface area contributed by atoms with Crippen LogP contribution in [-0.4, -0.2) is 43.8 Å². The Labute approximate surface area is 143 Å². The quantitative estimate of drug-likeness (QED) is 0.592. The minimum absolute atomic E-state index is 0.0997. The predicted molar refractivity (Wildman–Crippen MR) is 93.8 cm³/mol. The summed E-state index contributed by atoms with van der Waals surface area (Å²) in [4.78, 5) is 24.9. The van der Waals surface area contributed by atoms with Gasteiger partial charge in [0.05, 0.1) is 11.1 Å². The number of pyridine rings is 1. The summed E-state index contributed by atoms with van der Waals surface area (Å²) in [5.74, 6) is 0.361. The number of carboxylic acids is 1. The Kier molecular flexibility index (Phi) is 3.93. The van der Waals surface area contributed by atoms with Gasteiger partial charge in [0.2, 0.25) is 0 Å². The average Bonchev–Trinajstić information content (AvgIpc) is 3.43. The van der Waals surface area contributed by atoms with E-state index in [1.165, 1.54) is 0 Å². The lowest BCUT2D eigenvalue weighted by molar-refractivity contribution is 0.0697. The number of hydrogen-bond acceptors (Lipinski definition) is 6. The van der Waals surface area contributed by atoms with Gasteiger partial charge in [-0.1, -0.05) is 6.07 Å². The molecule has 1 saturated carbocycles. The maximum Gasteiger partial charge on any atom is 0.335 e. The second kappa shape index (κ2) is 6.25. The highest BCUT2D eigenvalue weighted by Gasteiger charge is 2.23. The molecule has 1 aliphatic carbocycles. The molecule has 0 unspecified atom stereocenters. The first-order chi connectivity index (χ1) is 12.2. The largest absolute Gasteiger partial charge is 0.478 e. The molecule has 1 aromatic carbocycles. The molecular formula is C18H18N4O3. The van der Waals surface area contributed by atoms with E-state index in [0.29, 0.717) is 36.0 Å². The monoisotopic (exact) mass is 338 g/mol. The van der Waals surface area contributed by atoms with Gasteiger partial charge in [-0.05, 0) is 31.4 Å². The summed E-state index contributed by atoms with van der Waals surface area (Å²) in [5.41, 5.74) is 1.56. The molecule has 0 radical (unpaired) electrons. The molecule has 7 nitrogen and oxygen atoms in total. The molecule has 0 aliphatic heterocycles. The SMILES string of the molecule is O=C(O)c1ccc2c(c1)nc(NC1CC1)c1nc(CCCO)ncc12. The lowest BCUT2D eigenvalue weighted by Gasteiger charge is -2.11. The molecule has 3 aromatic rings. The Balaban J connectivity index is 1.91. The van der Waals surface area contributed by atoms with Gasteiger partial charge in [-0.25, -0.2) is 19.7 Å². The van der Waals surface area contributed by atoms with Crippen molar-refractivity contribution >= 4 is 33.6 Å². The van der Waals surface area contributed by atoms with Crippen molar-refractivity contribution in [3.8, 4) is 0 Å². The number of benzene rings is 1. The van der Waals surface area contributed by atoms with Crippen LogP contribution in [0.15, 0.2) is 24.4 Å². The fraction of sp³-hybridized carbons (Fsp3) is 0.333. The maximum absolute atomic E-state index is 11.2. The number of anilines is 1. The predicted octanol–water partition coefficient (Wildman–Crippen LogP) is 2.38. The van der Waals surface area contributed by atoms with Gasteiger partial charge in [0.1, 0.15) is 11.3 Å². The number of aliphatic hydroxyl groups excluding tert-OH is 1. The molecule has 7 heteroatoms. The number of rotatable bonds is 6. The van der Waals surface area contributed by atoms with Crippen molar-refractivity contribution in [1.29, 1.82) is 0 Å². The minimum atomic E-state index is -0.976. The summed E-state index contributed by atoms with van der Waals surface area (Å²) >= 11 is 0. The van der Waals surface area contributed by atoms with Crippen molar-refractivity contribution in [2.24, 2.45) is 0 Å². The molecule has 4 rings (SSSR count). The maximum atomic E-state index is 11.2. The normalized spacial score (nSPS) is 14.1. The Bertz CT molecular complexity index is 969. The number of aromatic nitrogens is 3. The van der Waals surface area contributed by atoms with Gasteiger partial charge in [-0.15, -0.1) is 0 Å². The van der Waals surface area contributed by atoms with Gasteiger partial charge in [0.25, 0.3) is 0 Å². The van der Waals surface area contributed by atoms with Crippen LogP contribution >= 0.6 is 0 Å². The van der Waals surface area contributed by atoms with Crippen molar-refractivity contribution in [2.75, 3.05) is 11.9 Å². The standard InChI is InChI=1S/C18H18N4O3/c23-7-1-2-15-19-9-13-12-6-3-10(18(24)25)8-14(12)21-17(16(13)22-15)20-11-4-5-11/h3,6,8-9,11,23H,1-2,4-5,7H2,(H,20,21)(H,24,25). The first kappa shape index (κ1) is 15.7. The van der Waals surface area contributed by atoms with E-state index in [9.17, 15) is 9.90 Å². The van der Waals surface area contributed by atoms with E-state index in [0.717, 1.165) is 29.1 Å². The highest BCUT2D eigenvalue weighted by Crippen LogP contribution is 2.32. The van der Waals surface area contributed by atoms with Crippen LogP contribution in [0.25, 0.3) is 21.8 Å². The van der Waals surface area contributed by atoms with Gasteiger partial charge in [0.15, 0.2) is 5.82 Å². The zero-order valence-electron chi connectivity index (χ0n) is 13.6. The summed E-state index contributed by atoms with van der Waals surface area (Å²) < 4.78 is 0. The third-order valence-electron chi connectivity index (χ3n) is 4.31. The lowest BCUT2D eigenvalue weighted by Crippen LogP contribution is -2.07. The van der Waals surface area contributed by atoms with E-state index < -0.39 is 5.97 Å². The molecule has 25 heavy (non-hydrogen) atoms. The third-order valence-corrected chi connectivity index (χ3v) is 4.31. The van der Waals surface area contributed by atoms with E-state index in [1.54, 1.807) is 24.4 Å². The Hall–Kier alpha value is -2.80. The fourth-order valence-corrected chi connectivity index (χ4v) is 2.83. The number of fused-ring (bicyclic) bond motifs is 3. The number of aromatic carboxylic acids is 1. The molecule has 0 atom stereocenters. The van der Waals surface area contributed by atoms with Crippen molar-refractivity contribution in [3.05, 3.63) is 35.8 Å². The smallest absolute Gasteiger partial charge is 0.335 e. The molecule has 2 aromatic heterocycles. The topological polar surface area (TPSA) is 108 Å². The number of carbonyl (C=O) groups is 1. The third kappa shape index (κ3) is 3.10. The van der Waals surface area contributed by atoms with Crippen LogP contribution in [0.3, 0.4) is 0 Å². The number of nitrogens with one attached hydrogen (secondary N) is 1. The molecule has 0 bridgehead atoms. The summed E-state index contributed by atoms with van der Waals surface area (Å²) in [7, 11) is 0. The number of carboxylic acid groups (broad SMARTS) is 1. The average molecular weight is 338 g/mol. The molecule has 2 heterocycles. The highest BCUT2D eigenvalue weighted by atomic mass is 16.4. The second-order valence-electron chi connectivity index (χ2n) is 6.29. The minimum Gasteiger partial charge on any atom is -0.478 e. The number of aryl methyl sites for hydroxylation is 1. The van der Waals surface area contributed by atoms with Crippen LogP contribution in [-0.2, 0) is 6.42 Å². The van der Waals surface area contributed by atoms with Gasteiger partial charge < -0.3 is 15.5 Å². The Morgan fingerprint density at radius 2 is 2.08 bits per heavy atom. The Morgan fingerprint density at radius 1 is 1.24 bits per heavy atom. The highest BCUT2D eigenvalue weighted by molar-refractivity contribution is 6.09. The molecule has 1 fully saturated rings. The molecular weight excluding hydrogens is 320 g/mol. The summed E-state index contributed by atoms with van der Waals surface area (Å²) in [6.07, 6.45) is 5.17. The molecule has 0 saturated heterocycles. The second-order valence-corrected chi connectivity index (χ2v) is 6.29. The van der Waals surface area contributed by atoms with Crippen molar-refractivity contribution < 1.29 is 15.0 Å². The van der Waals surface area contributed by atoms with E-state index >= 15 is 0 Å². The Morgan fingerprint density at radius 3 is 2.80 bits per heavy atom. The van der Waals surface area contributed by atoms with Crippen molar-refractivity contribution in [2.45, 2.75) is 31.7 Å². The van der Waals surface area contributed by atoms with E-state index in [1.807, 2.05) is 0 Å². The van der Waals surface area contributed by atoms with Gasteiger partial charge >= 0.3 is 5.97 Å². The van der Waals surface area contributed by atoms with Crippen LogP contribution in [0.2, 0.25) is 0 Å². The first-order valence-electron chi connectivity index (χ1n) is 8.36. The zero-order valence-corrected chi connectivity index (χ0v) is 13.6. The number of hydrogen-bond donors (Lipinski definition) is 3. The van der Waals surface area contributed by atoms with Crippen LogP contribution in [0.4, 0.5) is 5.82 Å². The van der Waals surface area contributed by atoms with Crippen LogP contribution < -0.4 is 5.32 Å². The van der Waals surface area contributed by atoms with Gasteiger partial charge in [-0.2, -0.15) is 0 Å². The van der Waals surface area contributed by atoms with E-state index in [2.05, 4.69) is 20.3 Å². The summed E-state index contributed by atoms with van der Waals surface area (Å²) in [6, 6.07) is 5.30. The molecule has 1 aliphatic rings. The molecule has 0 spiro atoms. The lowest BCUT2D eigenvalue weighted by atomic mass is 10.1. The zero-order chi connectivity index (χ0) is 17.4. The molecule has 128 valence electrons. The van der Waals surface area contributed by atoms with Crippen molar-refractivity contribution in [1.82, 2.24) is 15.0 Å². The summed E-state index contributed by atoms with van der Waals surface area (Å²) in [6.45, 7) is 0.0997. The number of aliphatic hydroxyl groups is 1. The van der Waals surface area contributed by atoms with Gasteiger partial charge in [0, 0.05) is 36.0 Å². The molecule has 0 amide bonds. The van der Waals surface area contributed by atoms with Crippen LogP contribution in [0, 0.1) is 0 Å². The van der Waals surface area contributed by atoms with Crippen LogP contribution in [0.1, 0.15) is 35.4 Å². The first-order valence-corrected chi connectivity index (χ1v) is 8.36. The fourth-order valence-electron chi connectivity index (χ4n) is 2.83. The van der Waals surface area contributed by atoms with Gasteiger partial charge in [-0.3, -0.25) is 0 Å². The van der Waals surface area contributed by atoms with Crippen molar-refractivity contribution in [3.63, 3.8) is 0 Å².